The van der Waals surface area contributed by atoms with E-state index >= 15 is 0 Å². The van der Waals surface area contributed by atoms with Crippen molar-refractivity contribution in [2.75, 3.05) is 52.5 Å². The van der Waals surface area contributed by atoms with Gasteiger partial charge in [-0.2, -0.15) is 0 Å². The summed E-state index contributed by atoms with van der Waals surface area (Å²) in [6, 6.07) is 0. The predicted molar refractivity (Wildman–Crippen MR) is 102 cm³/mol. The Labute approximate surface area is 181 Å². The SMILES string of the molecule is O=C(O)CN(CCN(CC(=O)O)CC(=O)O)CC(=O)O.OCC(O)C(O)C(O)C(O)CO. The molecule has 0 amide bonds. The van der Waals surface area contributed by atoms with Crippen LogP contribution in [0.25, 0.3) is 0 Å². The molecule has 0 aliphatic rings. The van der Waals surface area contributed by atoms with Crippen molar-refractivity contribution in [3.63, 3.8) is 0 Å². The molecule has 0 aromatic carbocycles. The van der Waals surface area contributed by atoms with E-state index in [1.54, 1.807) is 0 Å². The molecule has 0 radical (unpaired) electrons. The summed E-state index contributed by atoms with van der Waals surface area (Å²) in [7, 11) is 0. The molecule has 32 heavy (non-hydrogen) atoms. The minimum Gasteiger partial charge on any atom is -0.480 e. The molecule has 0 saturated heterocycles. The van der Waals surface area contributed by atoms with Crippen molar-refractivity contribution in [3.05, 3.63) is 0 Å². The smallest absolute Gasteiger partial charge is 0.317 e. The van der Waals surface area contributed by atoms with Crippen LogP contribution in [0.1, 0.15) is 0 Å². The number of aliphatic hydroxyl groups excluding tert-OH is 6. The topological polar surface area (TPSA) is 277 Å². The third-order valence-electron chi connectivity index (χ3n) is 3.68. The maximum absolute atomic E-state index is 10.6. The second kappa shape index (κ2) is 17.2. The average Bonchev–Trinajstić information content (AvgIpc) is 2.68. The van der Waals surface area contributed by atoms with Crippen molar-refractivity contribution in [2.24, 2.45) is 0 Å². The number of rotatable bonds is 16. The number of carboxylic acids is 4. The number of carbonyl (C=O) groups is 4. The predicted octanol–water partition coefficient (Wildman–Crippen LogP) is -5.66. The van der Waals surface area contributed by atoms with Crippen LogP contribution < -0.4 is 0 Å². The summed E-state index contributed by atoms with van der Waals surface area (Å²) < 4.78 is 0. The molecule has 0 rings (SSSR count). The fraction of sp³-hybridized carbons (Fsp3) is 0.750. The molecule has 188 valence electrons. The summed E-state index contributed by atoms with van der Waals surface area (Å²) in [4.78, 5) is 44.4. The fourth-order valence-electron chi connectivity index (χ4n) is 2.15. The lowest BCUT2D eigenvalue weighted by Crippen LogP contribution is -2.46. The van der Waals surface area contributed by atoms with Crippen LogP contribution in [0.2, 0.25) is 0 Å². The van der Waals surface area contributed by atoms with Crippen molar-refractivity contribution in [3.8, 4) is 0 Å². The fourth-order valence-corrected chi connectivity index (χ4v) is 2.15. The Morgan fingerprint density at radius 2 is 0.750 bits per heavy atom. The van der Waals surface area contributed by atoms with Crippen LogP contribution in [-0.4, -0.2) is 162 Å². The van der Waals surface area contributed by atoms with E-state index in [4.69, 9.17) is 51.1 Å². The van der Waals surface area contributed by atoms with Crippen molar-refractivity contribution < 1.29 is 70.2 Å². The van der Waals surface area contributed by atoms with Gasteiger partial charge in [-0.3, -0.25) is 29.0 Å². The lowest BCUT2D eigenvalue weighted by atomic mass is 10.0. The van der Waals surface area contributed by atoms with Crippen LogP contribution in [-0.2, 0) is 19.2 Å². The van der Waals surface area contributed by atoms with Crippen LogP contribution in [0.4, 0.5) is 0 Å². The van der Waals surface area contributed by atoms with E-state index in [-0.39, 0.29) is 13.1 Å². The molecule has 0 bridgehead atoms. The molecule has 0 fully saturated rings. The third-order valence-corrected chi connectivity index (χ3v) is 3.68. The Morgan fingerprint density at radius 1 is 0.531 bits per heavy atom. The van der Waals surface area contributed by atoms with Crippen LogP contribution in [0.15, 0.2) is 0 Å². The van der Waals surface area contributed by atoms with Crippen LogP contribution >= 0.6 is 0 Å². The second-order valence-electron chi connectivity index (χ2n) is 6.48. The first-order valence-electron chi connectivity index (χ1n) is 9.00. The van der Waals surface area contributed by atoms with E-state index < -0.39 is 87.7 Å². The maximum atomic E-state index is 10.6. The standard InChI is InChI=1S/C10H16N2O8.C6H14O6/c13-7(14)3-11(4-8(15)16)1-2-12(5-9(17)18)6-10(19)20;7-1-3(9)5(11)6(12)4(10)2-8/h1-6H2,(H,13,14)(H,15,16)(H,17,18)(H,19,20);3-12H,1-2H2. The summed E-state index contributed by atoms with van der Waals surface area (Å²) in [6.07, 6.45) is -6.39. The normalized spacial score (nSPS) is 14.8. The van der Waals surface area contributed by atoms with E-state index in [1.807, 2.05) is 0 Å². The zero-order valence-electron chi connectivity index (χ0n) is 17.0. The maximum Gasteiger partial charge on any atom is 0.317 e. The Balaban J connectivity index is 0. The van der Waals surface area contributed by atoms with Crippen LogP contribution in [0.5, 0.6) is 0 Å². The largest absolute Gasteiger partial charge is 0.480 e. The molecule has 0 aromatic heterocycles. The molecule has 0 heterocycles. The number of nitrogens with zero attached hydrogens (tertiary/aromatic N) is 2. The van der Waals surface area contributed by atoms with Gasteiger partial charge in [0, 0.05) is 13.1 Å². The molecule has 0 saturated carbocycles. The molecule has 4 unspecified atom stereocenters. The molecule has 10 N–H and O–H groups in total. The monoisotopic (exact) mass is 474 g/mol. The van der Waals surface area contributed by atoms with E-state index in [2.05, 4.69) is 0 Å². The molecule has 0 aliphatic carbocycles. The second-order valence-corrected chi connectivity index (χ2v) is 6.48. The first-order chi connectivity index (χ1) is 14.7. The number of hydrogen-bond donors (Lipinski definition) is 10. The minimum atomic E-state index is -1.67. The van der Waals surface area contributed by atoms with Gasteiger partial charge >= 0.3 is 23.9 Å². The summed E-state index contributed by atoms with van der Waals surface area (Å²) >= 11 is 0. The van der Waals surface area contributed by atoms with E-state index in [0.29, 0.717) is 0 Å². The highest BCUT2D eigenvalue weighted by atomic mass is 16.4. The van der Waals surface area contributed by atoms with Gasteiger partial charge in [0.15, 0.2) is 0 Å². The molecule has 16 heteroatoms. The van der Waals surface area contributed by atoms with Gasteiger partial charge in [-0.05, 0) is 0 Å². The van der Waals surface area contributed by atoms with Crippen LogP contribution in [0.3, 0.4) is 0 Å². The minimum absolute atomic E-state index is 0.0703. The number of carboxylic acid groups (broad SMARTS) is 4. The number of aliphatic hydroxyl groups is 6. The van der Waals surface area contributed by atoms with E-state index in [0.717, 1.165) is 9.80 Å². The van der Waals surface area contributed by atoms with E-state index in [1.165, 1.54) is 0 Å². The van der Waals surface area contributed by atoms with Gasteiger partial charge < -0.3 is 51.1 Å². The van der Waals surface area contributed by atoms with Crippen molar-refractivity contribution >= 4 is 23.9 Å². The van der Waals surface area contributed by atoms with Crippen molar-refractivity contribution in [1.82, 2.24) is 9.80 Å². The molecular weight excluding hydrogens is 444 g/mol. The summed E-state index contributed by atoms with van der Waals surface area (Å²) in [5, 5.41) is 86.6. The summed E-state index contributed by atoms with van der Waals surface area (Å²) in [6.45, 7) is -3.70. The van der Waals surface area contributed by atoms with Gasteiger partial charge in [-0.25, -0.2) is 0 Å². The molecule has 4 atom stereocenters. The highest BCUT2D eigenvalue weighted by Crippen LogP contribution is 2.04. The number of hydrogen-bond acceptors (Lipinski definition) is 12. The quantitative estimate of drug-likeness (QED) is 0.0997. The number of aliphatic carboxylic acids is 4. The van der Waals surface area contributed by atoms with Gasteiger partial charge in [-0.1, -0.05) is 0 Å². The Morgan fingerprint density at radius 3 is 0.906 bits per heavy atom. The molecule has 0 aromatic rings. The van der Waals surface area contributed by atoms with Crippen molar-refractivity contribution in [2.45, 2.75) is 24.4 Å². The van der Waals surface area contributed by atoms with Crippen LogP contribution in [0, 0.1) is 0 Å². The van der Waals surface area contributed by atoms with Gasteiger partial charge in [0.2, 0.25) is 0 Å². The summed E-state index contributed by atoms with van der Waals surface area (Å²) in [5.41, 5.74) is 0. The molecule has 0 spiro atoms. The first-order valence-corrected chi connectivity index (χ1v) is 9.00. The zero-order valence-corrected chi connectivity index (χ0v) is 17.0. The van der Waals surface area contributed by atoms with Gasteiger partial charge in [0.25, 0.3) is 0 Å². The Bertz CT molecular complexity index is 507. The van der Waals surface area contributed by atoms with Crippen molar-refractivity contribution in [1.29, 1.82) is 0 Å². The highest BCUT2D eigenvalue weighted by molar-refractivity contribution is 5.73. The lowest BCUT2D eigenvalue weighted by Gasteiger charge is -2.24. The molecular formula is C16H30N2O14. The third kappa shape index (κ3) is 16.3. The van der Waals surface area contributed by atoms with Gasteiger partial charge in [-0.15, -0.1) is 0 Å². The van der Waals surface area contributed by atoms with E-state index in [9.17, 15) is 19.2 Å². The molecule has 16 nitrogen and oxygen atoms in total. The Kier molecular flexibility index (Phi) is 17.0. The first kappa shape index (κ1) is 31.7. The molecule has 0 aliphatic heterocycles. The van der Waals surface area contributed by atoms with Gasteiger partial charge in [0.1, 0.15) is 24.4 Å². The highest BCUT2D eigenvalue weighted by Gasteiger charge is 2.29. The zero-order chi connectivity index (χ0) is 25.4. The Hall–Kier alpha value is -2.44. The average molecular weight is 474 g/mol. The van der Waals surface area contributed by atoms with Gasteiger partial charge in [0.05, 0.1) is 39.4 Å². The lowest BCUT2D eigenvalue weighted by molar-refractivity contribution is -0.145. The summed E-state index contributed by atoms with van der Waals surface area (Å²) in [5.74, 6) is -4.91.